The molecule has 0 fully saturated rings. The van der Waals surface area contributed by atoms with Crippen LogP contribution < -0.4 is 5.23 Å². The Labute approximate surface area is 138 Å². The molecule has 2 N–H and O–H groups in total. The van der Waals surface area contributed by atoms with Crippen molar-refractivity contribution < 1.29 is 10.0 Å². The summed E-state index contributed by atoms with van der Waals surface area (Å²) in [7, 11) is 0. The molecule has 1 amide bonds. The van der Waals surface area contributed by atoms with Gasteiger partial charge in [0.05, 0.1) is 11.3 Å². The standard InChI is InChI=1S/C18H16N3O3/c22-18(13-6-2-4-8-17(13)21(23)24)20-10-9-16-14(11-20)12-5-1-3-7-15(12)19-16/h1-8,19,23H,9-11H2/q-1. The van der Waals surface area contributed by atoms with Crippen molar-refractivity contribution in [3.05, 3.63) is 70.6 Å². The molecule has 0 spiro atoms. The Bertz CT molecular complexity index is 917. The monoisotopic (exact) mass is 322 g/mol. The maximum Gasteiger partial charge on any atom is 0.256 e. The van der Waals surface area contributed by atoms with E-state index in [4.69, 9.17) is 0 Å². The van der Waals surface area contributed by atoms with E-state index in [0.29, 0.717) is 13.1 Å². The summed E-state index contributed by atoms with van der Waals surface area (Å²) in [5.41, 5.74) is 3.51. The van der Waals surface area contributed by atoms with Crippen molar-refractivity contribution in [1.82, 2.24) is 9.88 Å². The van der Waals surface area contributed by atoms with Crippen LogP contribution in [0.5, 0.6) is 0 Å². The normalized spacial score (nSPS) is 13.8. The molecule has 6 nitrogen and oxygen atoms in total. The van der Waals surface area contributed by atoms with Crippen LogP contribution in [0.25, 0.3) is 10.9 Å². The van der Waals surface area contributed by atoms with Crippen molar-refractivity contribution in [2.24, 2.45) is 0 Å². The molecule has 2 heterocycles. The van der Waals surface area contributed by atoms with E-state index in [-0.39, 0.29) is 22.4 Å². The first-order valence-corrected chi connectivity index (χ1v) is 7.78. The first-order chi connectivity index (χ1) is 11.6. The summed E-state index contributed by atoms with van der Waals surface area (Å²) in [6, 6.07) is 14.3. The van der Waals surface area contributed by atoms with Gasteiger partial charge in [-0.15, -0.1) is 0 Å². The Kier molecular flexibility index (Phi) is 3.48. The number of H-pyrrole nitrogens is 1. The molecule has 24 heavy (non-hydrogen) atoms. The molecule has 0 atom stereocenters. The van der Waals surface area contributed by atoms with Crippen LogP contribution in [0.1, 0.15) is 21.6 Å². The van der Waals surface area contributed by atoms with Crippen LogP contribution in [0.4, 0.5) is 5.69 Å². The van der Waals surface area contributed by atoms with Crippen LogP contribution in [0.15, 0.2) is 48.5 Å². The molecule has 1 aliphatic rings. The van der Waals surface area contributed by atoms with Gasteiger partial charge in [0.15, 0.2) is 0 Å². The van der Waals surface area contributed by atoms with E-state index in [0.717, 1.165) is 28.6 Å². The van der Waals surface area contributed by atoms with Gasteiger partial charge in [-0.3, -0.25) is 10.0 Å². The minimum Gasteiger partial charge on any atom is -0.733 e. The van der Waals surface area contributed by atoms with Crippen molar-refractivity contribution in [2.75, 3.05) is 11.8 Å². The number of benzene rings is 2. The average Bonchev–Trinajstić information content (AvgIpc) is 2.99. The lowest BCUT2D eigenvalue weighted by Gasteiger charge is -2.30. The molecular formula is C18H16N3O3-. The van der Waals surface area contributed by atoms with Gasteiger partial charge in [-0.05, 0) is 18.2 Å². The van der Waals surface area contributed by atoms with Gasteiger partial charge in [0, 0.05) is 41.7 Å². The molecule has 6 heteroatoms. The first kappa shape index (κ1) is 14.7. The number of rotatable bonds is 2. The van der Waals surface area contributed by atoms with Gasteiger partial charge in [0.2, 0.25) is 0 Å². The summed E-state index contributed by atoms with van der Waals surface area (Å²) in [5.74, 6) is -0.253. The largest absolute Gasteiger partial charge is 0.733 e. The number of fused-ring (bicyclic) bond motifs is 3. The summed E-state index contributed by atoms with van der Waals surface area (Å²) in [5, 5.41) is 21.4. The molecule has 0 unspecified atom stereocenters. The predicted molar refractivity (Wildman–Crippen MR) is 90.8 cm³/mol. The highest BCUT2D eigenvalue weighted by molar-refractivity contribution is 6.00. The second-order valence-electron chi connectivity index (χ2n) is 5.89. The lowest BCUT2D eigenvalue weighted by atomic mass is 10.0. The Morgan fingerprint density at radius 2 is 1.92 bits per heavy atom. The van der Waals surface area contributed by atoms with Crippen LogP contribution >= 0.6 is 0 Å². The van der Waals surface area contributed by atoms with Gasteiger partial charge in [-0.25, -0.2) is 0 Å². The zero-order chi connectivity index (χ0) is 16.7. The fourth-order valence-corrected chi connectivity index (χ4v) is 3.33. The first-order valence-electron chi connectivity index (χ1n) is 7.78. The Morgan fingerprint density at radius 1 is 1.17 bits per heavy atom. The van der Waals surface area contributed by atoms with Gasteiger partial charge in [-0.2, -0.15) is 0 Å². The van der Waals surface area contributed by atoms with Gasteiger partial charge < -0.3 is 20.3 Å². The lowest BCUT2D eigenvalue weighted by molar-refractivity contribution is 0.0734. The van der Waals surface area contributed by atoms with Gasteiger partial charge in [0.1, 0.15) is 0 Å². The number of nitrogens with zero attached hydrogens (tertiary/aromatic N) is 2. The number of carbonyl (C=O) groups excluding carboxylic acids is 1. The number of nitrogens with one attached hydrogen (secondary N) is 1. The molecule has 122 valence electrons. The van der Waals surface area contributed by atoms with Gasteiger partial charge in [0.25, 0.3) is 5.91 Å². The van der Waals surface area contributed by atoms with Crippen LogP contribution in [0, 0.1) is 5.21 Å². The van der Waals surface area contributed by atoms with Crippen molar-refractivity contribution in [1.29, 1.82) is 0 Å². The number of hydrogen-bond acceptors (Lipinski definition) is 4. The summed E-state index contributed by atoms with van der Waals surface area (Å²) in [4.78, 5) is 18.0. The van der Waals surface area contributed by atoms with Crippen LogP contribution in [0.3, 0.4) is 0 Å². The molecule has 0 saturated carbocycles. The Balaban J connectivity index is 1.69. The molecule has 0 aliphatic carbocycles. The van der Waals surface area contributed by atoms with Crippen molar-refractivity contribution in [2.45, 2.75) is 13.0 Å². The molecule has 0 bridgehead atoms. The smallest absolute Gasteiger partial charge is 0.256 e. The molecule has 1 aromatic heterocycles. The third-order valence-corrected chi connectivity index (χ3v) is 4.51. The zero-order valence-electron chi connectivity index (χ0n) is 12.9. The Hall–Kier alpha value is -2.83. The van der Waals surface area contributed by atoms with E-state index in [1.807, 2.05) is 24.3 Å². The number of amides is 1. The highest BCUT2D eigenvalue weighted by Crippen LogP contribution is 2.29. The third-order valence-electron chi connectivity index (χ3n) is 4.51. The topological polar surface area (TPSA) is 82.6 Å². The number of anilines is 1. The number of hydrogen-bond donors (Lipinski definition) is 2. The van der Waals surface area contributed by atoms with Gasteiger partial charge in [-0.1, -0.05) is 30.3 Å². The number of carbonyl (C=O) groups is 1. The highest BCUT2D eigenvalue weighted by Gasteiger charge is 2.26. The molecular weight excluding hydrogens is 306 g/mol. The zero-order valence-corrected chi connectivity index (χ0v) is 12.9. The van der Waals surface area contributed by atoms with E-state index >= 15 is 0 Å². The highest BCUT2D eigenvalue weighted by atomic mass is 16.8. The average molecular weight is 322 g/mol. The second kappa shape index (κ2) is 5.67. The van der Waals surface area contributed by atoms with E-state index in [9.17, 15) is 15.2 Å². The molecule has 4 rings (SSSR count). The van der Waals surface area contributed by atoms with E-state index in [2.05, 4.69) is 4.98 Å². The van der Waals surface area contributed by atoms with E-state index in [1.54, 1.807) is 23.1 Å². The molecule has 1 aliphatic heterocycles. The number of para-hydroxylation sites is 2. The van der Waals surface area contributed by atoms with Crippen LogP contribution in [-0.4, -0.2) is 27.5 Å². The van der Waals surface area contributed by atoms with E-state index in [1.165, 1.54) is 6.07 Å². The number of aromatic nitrogens is 1. The maximum absolute atomic E-state index is 12.8. The summed E-state index contributed by atoms with van der Waals surface area (Å²) >= 11 is 0. The van der Waals surface area contributed by atoms with Crippen LogP contribution in [0.2, 0.25) is 0 Å². The third kappa shape index (κ3) is 2.33. The van der Waals surface area contributed by atoms with Crippen LogP contribution in [-0.2, 0) is 13.0 Å². The summed E-state index contributed by atoms with van der Waals surface area (Å²) < 4.78 is 0. The summed E-state index contributed by atoms with van der Waals surface area (Å²) in [6.45, 7) is 1.05. The van der Waals surface area contributed by atoms with Crippen molar-refractivity contribution in [3.63, 3.8) is 0 Å². The quantitative estimate of drug-likeness (QED) is 0.710. The Morgan fingerprint density at radius 3 is 2.75 bits per heavy atom. The fourth-order valence-electron chi connectivity index (χ4n) is 3.33. The molecule has 0 saturated heterocycles. The fraction of sp³-hybridized carbons (Fsp3) is 0.167. The van der Waals surface area contributed by atoms with Crippen molar-refractivity contribution in [3.8, 4) is 0 Å². The minimum atomic E-state index is -0.256. The van der Waals surface area contributed by atoms with Gasteiger partial charge >= 0.3 is 0 Å². The summed E-state index contributed by atoms with van der Waals surface area (Å²) in [6.07, 6.45) is 0.734. The predicted octanol–water partition coefficient (Wildman–Crippen LogP) is 3.06. The molecule has 0 radical (unpaired) electrons. The number of aromatic amines is 1. The van der Waals surface area contributed by atoms with Crippen molar-refractivity contribution >= 4 is 22.5 Å². The second-order valence-corrected chi connectivity index (χ2v) is 5.89. The maximum atomic E-state index is 12.8. The van der Waals surface area contributed by atoms with E-state index < -0.39 is 0 Å². The lowest BCUT2D eigenvalue weighted by Crippen LogP contribution is -2.36. The minimum absolute atomic E-state index is 0.0350. The SMILES string of the molecule is O=C(c1ccccc1N([O-])O)N1CCc2[nH]c3ccccc3c2C1. The molecule has 2 aromatic carbocycles. The molecule has 3 aromatic rings.